The van der Waals surface area contributed by atoms with Crippen molar-refractivity contribution in [2.45, 2.75) is 0 Å². The van der Waals surface area contributed by atoms with Gasteiger partial charge in [-0.1, -0.05) is 0 Å². The molecular formula is C18H20N2O6. The molecule has 0 heterocycles. The third kappa shape index (κ3) is 3.64. The molecule has 0 spiro atoms. The van der Waals surface area contributed by atoms with E-state index in [2.05, 4.69) is 10.1 Å². The van der Waals surface area contributed by atoms with Crippen LogP contribution >= 0.6 is 0 Å². The van der Waals surface area contributed by atoms with E-state index >= 15 is 0 Å². The van der Waals surface area contributed by atoms with Gasteiger partial charge in [0.1, 0.15) is 5.75 Å². The lowest BCUT2D eigenvalue weighted by Crippen LogP contribution is -2.15. The fourth-order valence-corrected chi connectivity index (χ4v) is 2.38. The molecule has 2 aromatic rings. The van der Waals surface area contributed by atoms with E-state index in [1.54, 1.807) is 12.1 Å². The van der Waals surface area contributed by atoms with E-state index in [0.29, 0.717) is 22.7 Å². The van der Waals surface area contributed by atoms with Crippen LogP contribution in [-0.4, -0.2) is 40.3 Å². The van der Waals surface area contributed by atoms with E-state index in [4.69, 9.17) is 19.9 Å². The Morgan fingerprint density at radius 1 is 0.923 bits per heavy atom. The van der Waals surface area contributed by atoms with Crippen LogP contribution in [0.25, 0.3) is 0 Å². The van der Waals surface area contributed by atoms with Gasteiger partial charge in [-0.05, 0) is 30.3 Å². The van der Waals surface area contributed by atoms with E-state index in [1.807, 2.05) is 0 Å². The number of rotatable bonds is 6. The van der Waals surface area contributed by atoms with Crippen molar-refractivity contribution < 1.29 is 28.5 Å². The van der Waals surface area contributed by atoms with Crippen LogP contribution in [-0.2, 0) is 4.74 Å². The van der Waals surface area contributed by atoms with Crippen LogP contribution in [0, 0.1) is 0 Å². The second-order valence-electron chi connectivity index (χ2n) is 5.12. The number of hydrogen-bond donors (Lipinski definition) is 2. The fourth-order valence-electron chi connectivity index (χ4n) is 2.38. The van der Waals surface area contributed by atoms with Crippen molar-refractivity contribution >= 4 is 23.3 Å². The Balaban J connectivity index is 2.34. The number of ether oxygens (including phenoxy) is 4. The van der Waals surface area contributed by atoms with Crippen molar-refractivity contribution in [3.05, 3.63) is 41.5 Å². The summed E-state index contributed by atoms with van der Waals surface area (Å²) in [5.74, 6) is 0.0212. The van der Waals surface area contributed by atoms with Gasteiger partial charge in [-0.15, -0.1) is 0 Å². The number of anilines is 2. The number of hydrogen-bond acceptors (Lipinski definition) is 7. The Hall–Kier alpha value is -3.42. The van der Waals surface area contributed by atoms with E-state index in [1.165, 1.54) is 46.6 Å². The monoisotopic (exact) mass is 360 g/mol. The lowest BCUT2D eigenvalue weighted by Gasteiger charge is -2.15. The number of carbonyl (C=O) groups excluding carboxylic acids is 2. The summed E-state index contributed by atoms with van der Waals surface area (Å²) in [6, 6.07) is 7.64. The molecule has 1 amide bonds. The Morgan fingerprint density at radius 2 is 1.62 bits per heavy atom. The summed E-state index contributed by atoms with van der Waals surface area (Å²) in [6.07, 6.45) is 0. The van der Waals surface area contributed by atoms with Gasteiger partial charge in [0.15, 0.2) is 11.5 Å². The van der Waals surface area contributed by atoms with Crippen molar-refractivity contribution in [3.8, 4) is 17.2 Å². The van der Waals surface area contributed by atoms with Gasteiger partial charge < -0.3 is 30.0 Å². The van der Waals surface area contributed by atoms with Crippen LogP contribution in [0.15, 0.2) is 30.3 Å². The molecule has 0 aromatic heterocycles. The number of nitrogen functional groups attached to an aromatic ring is 1. The summed E-state index contributed by atoms with van der Waals surface area (Å²) in [5, 5.41) is 2.70. The number of methoxy groups -OCH3 is 4. The van der Waals surface area contributed by atoms with E-state index < -0.39 is 11.9 Å². The molecule has 2 rings (SSSR count). The first-order valence-corrected chi connectivity index (χ1v) is 7.55. The van der Waals surface area contributed by atoms with E-state index in [9.17, 15) is 9.59 Å². The van der Waals surface area contributed by atoms with Crippen molar-refractivity contribution in [2.24, 2.45) is 0 Å². The number of nitrogens with one attached hydrogen (secondary N) is 1. The maximum absolute atomic E-state index is 12.6. The van der Waals surface area contributed by atoms with Crippen LogP contribution in [0.2, 0.25) is 0 Å². The van der Waals surface area contributed by atoms with Crippen LogP contribution in [0.4, 0.5) is 11.4 Å². The number of amides is 1. The van der Waals surface area contributed by atoms with Crippen molar-refractivity contribution in [1.82, 2.24) is 0 Å². The zero-order valence-electron chi connectivity index (χ0n) is 14.9. The molecule has 0 saturated heterocycles. The summed E-state index contributed by atoms with van der Waals surface area (Å²) >= 11 is 0. The molecule has 0 bridgehead atoms. The first-order chi connectivity index (χ1) is 12.5. The predicted molar refractivity (Wildman–Crippen MR) is 96.2 cm³/mol. The molecule has 26 heavy (non-hydrogen) atoms. The summed E-state index contributed by atoms with van der Waals surface area (Å²) < 4.78 is 20.2. The largest absolute Gasteiger partial charge is 0.495 e. The normalized spacial score (nSPS) is 10.0. The summed E-state index contributed by atoms with van der Waals surface area (Å²) in [5.41, 5.74) is 7.05. The zero-order chi connectivity index (χ0) is 19.3. The van der Waals surface area contributed by atoms with E-state index in [-0.39, 0.29) is 17.0 Å². The first kappa shape index (κ1) is 18.9. The van der Waals surface area contributed by atoms with Crippen LogP contribution in [0.3, 0.4) is 0 Å². The lowest BCUT2D eigenvalue weighted by atomic mass is 10.1. The van der Waals surface area contributed by atoms with Crippen LogP contribution in [0.1, 0.15) is 20.7 Å². The lowest BCUT2D eigenvalue weighted by molar-refractivity contribution is 0.0600. The topological polar surface area (TPSA) is 109 Å². The van der Waals surface area contributed by atoms with Gasteiger partial charge >= 0.3 is 5.97 Å². The van der Waals surface area contributed by atoms with E-state index in [0.717, 1.165) is 0 Å². The molecule has 8 heteroatoms. The molecule has 0 fully saturated rings. The number of esters is 1. The molecular weight excluding hydrogens is 340 g/mol. The highest BCUT2D eigenvalue weighted by Gasteiger charge is 2.19. The third-order valence-corrected chi connectivity index (χ3v) is 3.70. The molecule has 0 aliphatic carbocycles. The summed E-state index contributed by atoms with van der Waals surface area (Å²) in [7, 11) is 5.62. The molecule has 0 atom stereocenters. The minimum Gasteiger partial charge on any atom is -0.495 e. The Bertz CT molecular complexity index is 835. The van der Waals surface area contributed by atoms with Gasteiger partial charge in [-0.3, -0.25) is 4.79 Å². The highest BCUT2D eigenvalue weighted by atomic mass is 16.5. The highest BCUT2D eigenvalue weighted by Crippen LogP contribution is 2.36. The number of nitrogens with two attached hydrogens (primary N) is 1. The summed E-state index contributed by atoms with van der Waals surface area (Å²) in [6.45, 7) is 0. The van der Waals surface area contributed by atoms with Crippen molar-refractivity contribution in [1.29, 1.82) is 0 Å². The van der Waals surface area contributed by atoms with Crippen molar-refractivity contribution in [2.75, 3.05) is 39.5 Å². The molecule has 0 unspecified atom stereocenters. The maximum atomic E-state index is 12.6. The molecule has 0 saturated carbocycles. The van der Waals surface area contributed by atoms with Gasteiger partial charge in [0, 0.05) is 0 Å². The minimum atomic E-state index is -0.509. The second-order valence-corrected chi connectivity index (χ2v) is 5.12. The Kier molecular flexibility index (Phi) is 5.90. The SMILES string of the molecule is COC(=O)c1ccc(NC(=O)c2ccc(OC)c(OC)c2N)c(OC)c1. The molecule has 138 valence electrons. The van der Waals surface area contributed by atoms with Crippen LogP contribution < -0.4 is 25.3 Å². The average molecular weight is 360 g/mol. The zero-order valence-corrected chi connectivity index (χ0v) is 14.9. The predicted octanol–water partition coefficient (Wildman–Crippen LogP) is 2.33. The molecule has 2 aromatic carbocycles. The van der Waals surface area contributed by atoms with Gasteiger partial charge in [-0.2, -0.15) is 0 Å². The molecule has 8 nitrogen and oxygen atoms in total. The first-order valence-electron chi connectivity index (χ1n) is 7.55. The minimum absolute atomic E-state index is 0.148. The molecule has 0 aliphatic heterocycles. The van der Waals surface area contributed by atoms with Gasteiger partial charge in [0.05, 0.1) is 50.9 Å². The Labute approximate surface area is 150 Å². The maximum Gasteiger partial charge on any atom is 0.337 e. The second kappa shape index (κ2) is 8.11. The van der Waals surface area contributed by atoms with Crippen molar-refractivity contribution in [3.63, 3.8) is 0 Å². The molecule has 0 aliphatic rings. The van der Waals surface area contributed by atoms with Crippen LogP contribution in [0.5, 0.6) is 17.2 Å². The Morgan fingerprint density at radius 3 is 2.19 bits per heavy atom. The smallest absolute Gasteiger partial charge is 0.337 e. The molecule has 3 N–H and O–H groups in total. The fraction of sp³-hybridized carbons (Fsp3) is 0.222. The number of carbonyl (C=O) groups is 2. The average Bonchev–Trinajstić information content (AvgIpc) is 2.66. The van der Waals surface area contributed by atoms with Gasteiger partial charge in [0.25, 0.3) is 5.91 Å². The molecule has 0 radical (unpaired) electrons. The third-order valence-electron chi connectivity index (χ3n) is 3.70. The van der Waals surface area contributed by atoms with Gasteiger partial charge in [0.2, 0.25) is 0 Å². The number of benzene rings is 2. The highest BCUT2D eigenvalue weighted by molar-refractivity contribution is 6.09. The summed E-state index contributed by atoms with van der Waals surface area (Å²) in [4.78, 5) is 24.2. The van der Waals surface area contributed by atoms with Gasteiger partial charge in [-0.25, -0.2) is 4.79 Å². The standard InChI is InChI=1S/C18H20N2O6/c1-23-13-8-6-11(15(19)16(13)25-3)17(21)20-12-7-5-10(18(22)26-4)9-14(12)24-2/h5-9H,19H2,1-4H3,(H,20,21). The quantitative estimate of drug-likeness (QED) is 0.601.